The van der Waals surface area contributed by atoms with Gasteiger partial charge in [-0.1, -0.05) is 6.92 Å². The number of aryl methyl sites for hydroxylation is 2. The quantitative estimate of drug-likeness (QED) is 0.543. The van der Waals surface area contributed by atoms with Crippen molar-refractivity contribution in [2.75, 3.05) is 17.7 Å². The third kappa shape index (κ3) is 4.73. The van der Waals surface area contributed by atoms with Crippen molar-refractivity contribution in [2.45, 2.75) is 44.6 Å². The van der Waals surface area contributed by atoms with E-state index in [-0.39, 0.29) is 12.6 Å². The predicted octanol–water partition coefficient (Wildman–Crippen LogP) is 4.66. The summed E-state index contributed by atoms with van der Waals surface area (Å²) in [5.74, 6) is 0.958. The third-order valence-corrected chi connectivity index (χ3v) is 5.96. The summed E-state index contributed by atoms with van der Waals surface area (Å²) < 4.78 is 0. The Kier molecular flexibility index (Phi) is 6.73. The van der Waals surface area contributed by atoms with Gasteiger partial charge in [0.1, 0.15) is 0 Å². The van der Waals surface area contributed by atoms with Crippen LogP contribution in [0, 0.1) is 6.92 Å². The van der Waals surface area contributed by atoms with E-state index in [0.29, 0.717) is 0 Å². The number of thiazole rings is 1. The maximum Gasteiger partial charge on any atom is 0.0929 e. The van der Waals surface area contributed by atoms with Gasteiger partial charge in [-0.25, -0.2) is 4.98 Å². The Morgan fingerprint density at radius 3 is 2.64 bits per heavy atom. The van der Waals surface area contributed by atoms with Gasteiger partial charge in [-0.05, 0) is 51.0 Å². The molecule has 5 heteroatoms. The lowest BCUT2D eigenvalue weighted by Crippen LogP contribution is -2.06. The highest BCUT2D eigenvalue weighted by atomic mass is 32.2. The van der Waals surface area contributed by atoms with Crippen molar-refractivity contribution >= 4 is 28.8 Å². The molecule has 22 heavy (non-hydrogen) atoms. The van der Waals surface area contributed by atoms with Crippen molar-refractivity contribution in [3.63, 3.8) is 0 Å². The average molecular weight is 337 g/mol. The summed E-state index contributed by atoms with van der Waals surface area (Å²) in [5.41, 5.74) is 2.27. The number of hydrogen-bond acceptors (Lipinski definition) is 5. The van der Waals surface area contributed by atoms with E-state index in [4.69, 9.17) is 5.11 Å². The number of rotatable bonds is 8. The molecule has 0 bridgehead atoms. The number of hydrogen-bond donors (Lipinski definition) is 2. The fourth-order valence-electron chi connectivity index (χ4n) is 2.24. The lowest BCUT2D eigenvalue weighted by atomic mass is 10.2. The highest BCUT2D eigenvalue weighted by Crippen LogP contribution is 2.29. The Balaban J connectivity index is 1.96. The smallest absolute Gasteiger partial charge is 0.0929 e. The van der Waals surface area contributed by atoms with Crippen LogP contribution >= 0.6 is 23.1 Å². The second kappa shape index (κ2) is 8.56. The maximum atomic E-state index is 8.81. The van der Waals surface area contributed by atoms with Crippen LogP contribution in [0.1, 0.15) is 41.9 Å². The first-order chi connectivity index (χ1) is 10.6. The Labute approximate surface area is 141 Å². The number of aromatic nitrogens is 1. The summed E-state index contributed by atoms with van der Waals surface area (Å²) in [6.07, 6.45) is 1.84. The van der Waals surface area contributed by atoms with Gasteiger partial charge in [0.15, 0.2) is 0 Å². The van der Waals surface area contributed by atoms with Crippen LogP contribution < -0.4 is 5.32 Å². The van der Waals surface area contributed by atoms with Gasteiger partial charge in [0.05, 0.1) is 16.7 Å². The summed E-state index contributed by atoms with van der Waals surface area (Å²) >= 11 is 3.58. The standard InChI is InChI=1S/C17H24N2OS2/c1-4-16-19-13(3)17(22-16)12(2)18-14-6-8-15(9-7-14)21-11-5-10-20/h6-9,12,18,20H,4-5,10-11H2,1-3H3. The molecule has 0 radical (unpaired) electrons. The molecule has 0 saturated carbocycles. The van der Waals surface area contributed by atoms with Gasteiger partial charge in [0.25, 0.3) is 0 Å². The Morgan fingerprint density at radius 2 is 2.05 bits per heavy atom. The van der Waals surface area contributed by atoms with E-state index in [1.165, 1.54) is 14.8 Å². The molecule has 2 aromatic rings. The van der Waals surface area contributed by atoms with Crippen LogP contribution in [0.4, 0.5) is 5.69 Å². The van der Waals surface area contributed by atoms with Gasteiger partial charge in [-0.3, -0.25) is 0 Å². The molecule has 1 unspecified atom stereocenters. The molecule has 2 N–H and O–H groups in total. The van der Waals surface area contributed by atoms with E-state index < -0.39 is 0 Å². The number of aliphatic hydroxyl groups excluding tert-OH is 1. The van der Waals surface area contributed by atoms with Crippen molar-refractivity contribution in [3.8, 4) is 0 Å². The number of aliphatic hydroxyl groups is 1. The zero-order chi connectivity index (χ0) is 15.9. The highest BCUT2D eigenvalue weighted by molar-refractivity contribution is 7.99. The third-order valence-electron chi connectivity index (χ3n) is 3.38. The molecule has 0 spiro atoms. The Hall–Kier alpha value is -1.04. The number of nitrogens with zero attached hydrogens (tertiary/aromatic N) is 1. The minimum Gasteiger partial charge on any atom is -0.396 e. The summed E-state index contributed by atoms with van der Waals surface area (Å²) in [4.78, 5) is 7.16. The van der Waals surface area contributed by atoms with Crippen molar-refractivity contribution in [2.24, 2.45) is 0 Å². The van der Waals surface area contributed by atoms with Crippen LogP contribution in [0.3, 0.4) is 0 Å². The van der Waals surface area contributed by atoms with Crippen molar-refractivity contribution < 1.29 is 5.11 Å². The molecule has 3 nitrogen and oxygen atoms in total. The molecule has 2 rings (SSSR count). The molecule has 0 fully saturated rings. The van der Waals surface area contributed by atoms with Gasteiger partial charge in [-0.2, -0.15) is 0 Å². The number of benzene rings is 1. The molecule has 1 atom stereocenters. The second-order valence-corrected chi connectivity index (χ2v) is 7.51. The van der Waals surface area contributed by atoms with Crippen LogP contribution in [0.25, 0.3) is 0 Å². The zero-order valence-electron chi connectivity index (χ0n) is 13.4. The summed E-state index contributed by atoms with van der Waals surface area (Å²) in [7, 11) is 0. The normalized spacial score (nSPS) is 12.4. The molecular weight excluding hydrogens is 312 g/mol. The number of nitrogens with one attached hydrogen (secondary N) is 1. The first-order valence-electron chi connectivity index (χ1n) is 7.70. The Bertz CT molecular complexity index is 581. The molecule has 1 heterocycles. The average Bonchev–Trinajstić information content (AvgIpc) is 2.90. The fourth-order valence-corrected chi connectivity index (χ4v) is 4.08. The highest BCUT2D eigenvalue weighted by Gasteiger charge is 2.13. The van der Waals surface area contributed by atoms with Crippen molar-refractivity contribution in [1.82, 2.24) is 4.98 Å². The first kappa shape index (κ1) is 17.3. The van der Waals surface area contributed by atoms with Crippen molar-refractivity contribution in [1.29, 1.82) is 0 Å². The van der Waals surface area contributed by atoms with Crippen LogP contribution in [0.2, 0.25) is 0 Å². The molecule has 0 saturated heterocycles. The molecule has 1 aromatic carbocycles. The van der Waals surface area contributed by atoms with Gasteiger partial charge in [-0.15, -0.1) is 23.1 Å². The topological polar surface area (TPSA) is 45.2 Å². The van der Waals surface area contributed by atoms with E-state index >= 15 is 0 Å². The van der Waals surface area contributed by atoms with E-state index in [1.807, 2.05) is 0 Å². The van der Waals surface area contributed by atoms with Crippen LogP contribution in [-0.4, -0.2) is 22.5 Å². The zero-order valence-corrected chi connectivity index (χ0v) is 15.1. The van der Waals surface area contributed by atoms with Gasteiger partial charge in [0, 0.05) is 27.8 Å². The first-order valence-corrected chi connectivity index (χ1v) is 9.50. The van der Waals surface area contributed by atoms with Crippen LogP contribution in [0.5, 0.6) is 0 Å². The monoisotopic (exact) mass is 336 g/mol. The largest absolute Gasteiger partial charge is 0.396 e. The molecule has 0 aliphatic heterocycles. The van der Waals surface area contributed by atoms with Crippen molar-refractivity contribution in [3.05, 3.63) is 39.8 Å². The van der Waals surface area contributed by atoms with E-state index in [1.54, 1.807) is 23.1 Å². The van der Waals surface area contributed by atoms with Gasteiger partial charge < -0.3 is 10.4 Å². The maximum absolute atomic E-state index is 8.81. The molecule has 0 aliphatic carbocycles. The van der Waals surface area contributed by atoms with Crippen LogP contribution in [-0.2, 0) is 6.42 Å². The molecular formula is C17H24N2OS2. The SMILES string of the molecule is CCc1nc(C)c(C(C)Nc2ccc(SCCCO)cc2)s1. The van der Waals surface area contributed by atoms with E-state index in [2.05, 4.69) is 55.3 Å². The second-order valence-electron chi connectivity index (χ2n) is 5.23. The van der Waals surface area contributed by atoms with Crippen LogP contribution in [0.15, 0.2) is 29.2 Å². The minimum atomic E-state index is 0.262. The van der Waals surface area contributed by atoms with Gasteiger partial charge >= 0.3 is 0 Å². The molecule has 0 amide bonds. The predicted molar refractivity (Wildman–Crippen MR) is 97.1 cm³/mol. The molecule has 0 aliphatic rings. The number of thioether (sulfide) groups is 1. The van der Waals surface area contributed by atoms with E-state index in [9.17, 15) is 0 Å². The minimum absolute atomic E-state index is 0.262. The van der Waals surface area contributed by atoms with E-state index in [0.717, 1.165) is 30.0 Å². The van der Waals surface area contributed by atoms with Gasteiger partial charge in [0.2, 0.25) is 0 Å². The number of anilines is 1. The summed E-state index contributed by atoms with van der Waals surface area (Å²) in [6, 6.07) is 8.78. The lowest BCUT2D eigenvalue weighted by molar-refractivity contribution is 0.296. The molecule has 120 valence electrons. The lowest BCUT2D eigenvalue weighted by Gasteiger charge is -2.14. The summed E-state index contributed by atoms with van der Waals surface area (Å²) in [5, 5.41) is 13.6. The Morgan fingerprint density at radius 1 is 1.32 bits per heavy atom. The fraction of sp³-hybridized carbons (Fsp3) is 0.471. The summed E-state index contributed by atoms with van der Waals surface area (Å²) in [6.45, 7) is 6.68. The molecule has 1 aromatic heterocycles.